The van der Waals surface area contributed by atoms with Crippen LogP contribution in [0.5, 0.6) is 0 Å². The van der Waals surface area contributed by atoms with Crippen LogP contribution in [0.25, 0.3) is 6.08 Å². The van der Waals surface area contributed by atoms with E-state index in [1.165, 1.54) is 48.5 Å². The first kappa shape index (κ1) is 42.6. The number of carboxylic acid groups (broad SMARTS) is 3. The number of aliphatic carboxylic acids is 2. The summed E-state index contributed by atoms with van der Waals surface area (Å²) in [6, 6.07) is 15.6. The van der Waals surface area contributed by atoms with E-state index in [0.29, 0.717) is 29.0 Å². The van der Waals surface area contributed by atoms with Crippen molar-refractivity contribution in [1.29, 1.82) is 0 Å². The van der Waals surface area contributed by atoms with Gasteiger partial charge < -0.3 is 37.0 Å². The van der Waals surface area contributed by atoms with E-state index in [4.69, 9.17) is 10.8 Å². The number of carbonyl (C=O) groups excluding carboxylic acids is 5. The van der Waals surface area contributed by atoms with Gasteiger partial charge in [0, 0.05) is 31.9 Å². The first-order valence-electron chi connectivity index (χ1n) is 17.3. The number of carbonyl (C=O) groups is 8. The van der Waals surface area contributed by atoms with E-state index in [1.54, 1.807) is 30.3 Å². The Labute approximate surface area is 316 Å². The van der Waals surface area contributed by atoms with Gasteiger partial charge in [-0.1, -0.05) is 68.3 Å². The van der Waals surface area contributed by atoms with Crippen molar-refractivity contribution in [2.45, 2.75) is 64.0 Å². The third-order valence-electron chi connectivity index (χ3n) is 8.17. The molecule has 0 aliphatic rings. The number of nitrogens with one attached hydrogen (secondary N) is 3. The Bertz CT molecular complexity index is 1930. The van der Waals surface area contributed by atoms with E-state index in [9.17, 15) is 48.6 Å². The third kappa shape index (κ3) is 13.3. The predicted molar refractivity (Wildman–Crippen MR) is 200 cm³/mol. The Hall–Kier alpha value is -6.84. The topological polar surface area (TPSA) is 263 Å². The van der Waals surface area contributed by atoms with Crippen molar-refractivity contribution < 1.29 is 53.7 Å². The number of para-hydroxylation sites is 1. The average Bonchev–Trinajstić information content (AvgIpc) is 3.15. The van der Waals surface area contributed by atoms with Crippen molar-refractivity contribution in [2.75, 3.05) is 11.4 Å². The van der Waals surface area contributed by atoms with E-state index in [0.717, 1.165) is 18.9 Å². The van der Waals surface area contributed by atoms with Crippen LogP contribution in [0.4, 0.5) is 11.4 Å². The van der Waals surface area contributed by atoms with E-state index in [2.05, 4.69) is 16.0 Å². The maximum atomic E-state index is 13.8. The lowest BCUT2D eigenvalue weighted by molar-refractivity contribution is -0.148. The van der Waals surface area contributed by atoms with Gasteiger partial charge in [-0.25, -0.2) is 9.59 Å². The quantitative estimate of drug-likeness (QED) is 0.0500. The summed E-state index contributed by atoms with van der Waals surface area (Å²) in [5, 5.41) is 36.6. The maximum absolute atomic E-state index is 13.8. The first-order valence-corrected chi connectivity index (χ1v) is 17.3. The number of aromatic carboxylic acids is 1. The molecule has 16 nitrogen and oxygen atoms in total. The number of hydrogen-bond acceptors (Lipinski definition) is 8. The van der Waals surface area contributed by atoms with Crippen molar-refractivity contribution in [3.05, 3.63) is 101 Å². The Balaban J connectivity index is 2.08. The highest BCUT2D eigenvalue weighted by molar-refractivity contribution is 6.39. The van der Waals surface area contributed by atoms with Crippen LogP contribution >= 0.6 is 0 Å². The van der Waals surface area contributed by atoms with Gasteiger partial charge >= 0.3 is 23.8 Å². The van der Waals surface area contributed by atoms with Crippen LogP contribution < -0.4 is 26.6 Å². The van der Waals surface area contributed by atoms with Crippen LogP contribution in [0.3, 0.4) is 0 Å². The molecule has 0 aliphatic heterocycles. The van der Waals surface area contributed by atoms with Gasteiger partial charge in [-0.3, -0.25) is 33.7 Å². The molecule has 0 aliphatic carbocycles. The lowest BCUT2D eigenvalue weighted by atomic mass is 9.98. The molecule has 5 amide bonds. The molecule has 2 atom stereocenters. The molecule has 0 saturated carbocycles. The molecule has 290 valence electrons. The summed E-state index contributed by atoms with van der Waals surface area (Å²) in [4.78, 5) is 101. The summed E-state index contributed by atoms with van der Waals surface area (Å²) in [5.41, 5.74) is 5.59. The molecule has 0 aromatic heterocycles. The lowest BCUT2D eigenvalue weighted by Crippen LogP contribution is -2.55. The number of anilines is 2. The zero-order chi connectivity index (χ0) is 40.5. The normalized spacial score (nSPS) is 11.9. The predicted octanol–water partition coefficient (Wildman–Crippen LogP) is 2.56. The second-order valence-corrected chi connectivity index (χ2v) is 12.4. The molecule has 3 aromatic rings. The van der Waals surface area contributed by atoms with Crippen molar-refractivity contribution in [3.63, 3.8) is 0 Å². The van der Waals surface area contributed by atoms with Gasteiger partial charge in [-0.05, 0) is 53.5 Å². The summed E-state index contributed by atoms with van der Waals surface area (Å²) >= 11 is 0. The molecule has 0 fully saturated rings. The molecular formula is C39H43N5O11. The number of unbranched alkanes of at least 4 members (excludes halogenated alkanes) is 2. The Morgan fingerprint density at radius 3 is 2.04 bits per heavy atom. The summed E-state index contributed by atoms with van der Waals surface area (Å²) in [7, 11) is 0. The molecule has 55 heavy (non-hydrogen) atoms. The number of rotatable bonds is 20. The number of nitrogens with zero attached hydrogens (tertiary/aromatic N) is 1. The molecule has 0 spiro atoms. The first-order chi connectivity index (χ1) is 26.2. The Kier molecular flexibility index (Phi) is 16.3. The zero-order valence-electron chi connectivity index (χ0n) is 30.0. The van der Waals surface area contributed by atoms with E-state index < -0.39 is 71.5 Å². The van der Waals surface area contributed by atoms with E-state index in [1.807, 2.05) is 6.92 Å². The number of primary amides is 1. The smallest absolute Gasteiger partial charge is 0.395 e. The van der Waals surface area contributed by atoms with Gasteiger partial charge in [0.2, 0.25) is 23.6 Å². The maximum Gasteiger partial charge on any atom is 0.395 e. The molecule has 16 heteroatoms. The summed E-state index contributed by atoms with van der Waals surface area (Å²) in [6.45, 7) is 2.28. The minimum atomic E-state index is -1.91. The molecule has 3 rings (SSSR count). The fourth-order valence-electron chi connectivity index (χ4n) is 5.51. The van der Waals surface area contributed by atoms with E-state index in [-0.39, 0.29) is 36.2 Å². The van der Waals surface area contributed by atoms with Crippen LogP contribution in [-0.2, 0) is 46.4 Å². The fourth-order valence-corrected chi connectivity index (χ4v) is 5.51. The number of benzene rings is 3. The summed E-state index contributed by atoms with van der Waals surface area (Å²) in [5.74, 6) is -8.96. The standard InChI is InChI=1S/C39H43N5O11/c1-2-3-9-20-41-35(49)28(43-36(50)29(22-24-10-5-4-6-11-24)42-33(46)18-19-34(47)48)23-25-14-16-30(26(21-25)15-17-32(40)45)44(37(51)39(54)55)31-13-8-7-12-27(31)38(52)53/h4-8,10-17,21,28-29H,2-3,9,18-20,22-23H2,1H3,(H2,40,45)(H,41,49)(H,42,46)(H,43,50)(H,47,48)(H,52,53)(H,54,55)/b17-15+/t28-,29-/m0/s1. The minimum Gasteiger partial charge on any atom is -0.481 e. The molecule has 0 bridgehead atoms. The lowest BCUT2D eigenvalue weighted by Gasteiger charge is -2.26. The average molecular weight is 758 g/mol. The molecule has 0 radical (unpaired) electrons. The third-order valence-corrected chi connectivity index (χ3v) is 8.17. The summed E-state index contributed by atoms with van der Waals surface area (Å²) in [6.07, 6.45) is 3.46. The van der Waals surface area contributed by atoms with Gasteiger partial charge in [0.1, 0.15) is 12.1 Å². The second kappa shape index (κ2) is 21.0. The van der Waals surface area contributed by atoms with Crippen molar-refractivity contribution >= 4 is 64.9 Å². The van der Waals surface area contributed by atoms with Crippen molar-refractivity contribution in [2.24, 2.45) is 5.73 Å². The second-order valence-electron chi connectivity index (χ2n) is 12.4. The van der Waals surface area contributed by atoms with E-state index >= 15 is 0 Å². The highest BCUT2D eigenvalue weighted by Gasteiger charge is 2.31. The van der Waals surface area contributed by atoms with Crippen LogP contribution in [0.2, 0.25) is 0 Å². The number of nitrogens with two attached hydrogens (primary N) is 1. The molecule has 0 unspecified atom stereocenters. The monoisotopic (exact) mass is 757 g/mol. The number of carboxylic acids is 3. The van der Waals surface area contributed by atoms with Gasteiger partial charge in [-0.15, -0.1) is 0 Å². The molecule has 0 saturated heterocycles. The molecular weight excluding hydrogens is 714 g/mol. The van der Waals surface area contributed by atoms with Gasteiger partial charge in [0.05, 0.1) is 23.4 Å². The summed E-state index contributed by atoms with van der Waals surface area (Å²) < 4.78 is 0. The molecule has 8 N–H and O–H groups in total. The zero-order valence-corrected chi connectivity index (χ0v) is 30.0. The Morgan fingerprint density at radius 2 is 1.40 bits per heavy atom. The van der Waals surface area contributed by atoms with Crippen molar-refractivity contribution in [3.8, 4) is 0 Å². The highest BCUT2D eigenvalue weighted by Crippen LogP contribution is 2.33. The highest BCUT2D eigenvalue weighted by atomic mass is 16.4. The number of amides is 5. The largest absolute Gasteiger partial charge is 0.481 e. The number of hydrogen-bond donors (Lipinski definition) is 7. The SMILES string of the molecule is CCCCCNC(=O)[C@H](Cc1ccc(N(C(=O)C(=O)O)c2ccccc2C(=O)O)c(/C=C/C(N)=O)c1)NC(=O)[C@H](Cc1ccccc1)NC(=O)CCC(=O)O. The van der Waals surface area contributed by atoms with Gasteiger partial charge in [-0.2, -0.15) is 0 Å². The van der Waals surface area contributed by atoms with Crippen LogP contribution in [0.1, 0.15) is 66.1 Å². The molecule has 0 heterocycles. The van der Waals surface area contributed by atoms with Gasteiger partial charge in [0.25, 0.3) is 0 Å². The van der Waals surface area contributed by atoms with Crippen LogP contribution in [0.15, 0.2) is 78.9 Å². The Morgan fingerprint density at radius 1 is 0.745 bits per heavy atom. The van der Waals surface area contributed by atoms with Crippen LogP contribution in [-0.4, -0.2) is 81.4 Å². The van der Waals surface area contributed by atoms with Gasteiger partial charge in [0.15, 0.2) is 0 Å². The molecule has 3 aromatic carbocycles. The fraction of sp³-hybridized carbons (Fsp3) is 0.282. The van der Waals surface area contributed by atoms with Crippen LogP contribution in [0, 0.1) is 0 Å². The van der Waals surface area contributed by atoms with Crippen molar-refractivity contribution in [1.82, 2.24) is 16.0 Å². The minimum absolute atomic E-state index is 0.0122.